The molecule has 1 saturated heterocycles. The summed E-state index contributed by atoms with van der Waals surface area (Å²) in [6.45, 7) is 3.95. The molecule has 0 radical (unpaired) electrons. The average molecular weight is 298 g/mol. The predicted molar refractivity (Wildman–Crippen MR) is 84.8 cm³/mol. The number of likely N-dealkylation sites (tertiary alicyclic amines) is 1. The lowest BCUT2D eigenvalue weighted by atomic mass is 9.99. The van der Waals surface area contributed by atoms with Gasteiger partial charge in [0.1, 0.15) is 0 Å². The lowest BCUT2D eigenvalue weighted by molar-refractivity contribution is 0.0685. The Labute approximate surface area is 130 Å². The van der Waals surface area contributed by atoms with Crippen LogP contribution < -0.4 is 0 Å². The van der Waals surface area contributed by atoms with Gasteiger partial charge in [-0.3, -0.25) is 9.48 Å². The predicted octanol–water partition coefficient (Wildman–Crippen LogP) is 2.72. The van der Waals surface area contributed by atoms with Crippen molar-refractivity contribution in [3.8, 4) is 0 Å². The first-order chi connectivity index (χ1) is 10.6. The lowest BCUT2D eigenvalue weighted by Crippen LogP contribution is -2.39. The van der Waals surface area contributed by atoms with Crippen LogP contribution >= 0.6 is 0 Å². The van der Waals surface area contributed by atoms with Gasteiger partial charge in [-0.1, -0.05) is 6.92 Å². The Balaban J connectivity index is 1.77. The molecule has 2 fully saturated rings. The molecule has 5 heteroatoms. The lowest BCUT2D eigenvalue weighted by Gasteiger charge is -2.31. The van der Waals surface area contributed by atoms with Gasteiger partial charge in [0.05, 0.1) is 17.1 Å². The number of amides is 1. The number of hydrogen-bond donors (Lipinski definition) is 0. The van der Waals surface area contributed by atoms with E-state index < -0.39 is 0 Å². The molecule has 2 aliphatic rings. The van der Waals surface area contributed by atoms with Crippen LogP contribution in [-0.2, 0) is 7.05 Å². The van der Waals surface area contributed by atoms with Gasteiger partial charge in [0, 0.05) is 31.7 Å². The van der Waals surface area contributed by atoms with E-state index in [1.54, 1.807) is 10.9 Å². The monoisotopic (exact) mass is 298 g/mol. The standard InChI is InChI=1S/C17H22N4O/c1-11-4-3-7-21(10-11)17(22)13-8-15(12-5-6-12)19-16-14(13)9-18-20(16)2/h8-9,11-12H,3-7,10H2,1-2H3/t11-/m0/s1. The summed E-state index contributed by atoms with van der Waals surface area (Å²) >= 11 is 0. The first-order valence-corrected chi connectivity index (χ1v) is 8.25. The Morgan fingerprint density at radius 3 is 2.86 bits per heavy atom. The highest BCUT2D eigenvalue weighted by Gasteiger charge is 2.29. The second-order valence-corrected chi connectivity index (χ2v) is 6.87. The van der Waals surface area contributed by atoms with E-state index in [0.717, 1.165) is 41.8 Å². The highest BCUT2D eigenvalue weighted by Crippen LogP contribution is 2.40. The molecule has 0 aromatic carbocycles. The van der Waals surface area contributed by atoms with E-state index in [4.69, 9.17) is 4.98 Å². The van der Waals surface area contributed by atoms with Gasteiger partial charge in [-0.15, -0.1) is 0 Å². The summed E-state index contributed by atoms with van der Waals surface area (Å²) < 4.78 is 1.77. The van der Waals surface area contributed by atoms with Crippen molar-refractivity contribution in [3.05, 3.63) is 23.5 Å². The molecule has 0 N–H and O–H groups in total. The highest BCUT2D eigenvalue weighted by molar-refractivity contribution is 6.05. The summed E-state index contributed by atoms with van der Waals surface area (Å²) in [5.41, 5.74) is 2.68. The third-order valence-electron chi connectivity index (χ3n) is 4.90. The van der Waals surface area contributed by atoms with E-state index in [1.165, 1.54) is 19.3 Å². The number of pyridine rings is 1. The molecule has 1 atom stereocenters. The van der Waals surface area contributed by atoms with Crippen molar-refractivity contribution in [2.24, 2.45) is 13.0 Å². The molecule has 1 aliphatic carbocycles. The van der Waals surface area contributed by atoms with Gasteiger partial charge >= 0.3 is 0 Å². The van der Waals surface area contributed by atoms with Crippen LogP contribution in [0.15, 0.2) is 12.3 Å². The fourth-order valence-corrected chi connectivity index (χ4v) is 3.44. The molecule has 2 aromatic rings. The Kier molecular flexibility index (Phi) is 3.17. The number of carbonyl (C=O) groups is 1. The molecule has 5 nitrogen and oxygen atoms in total. The maximum Gasteiger partial charge on any atom is 0.254 e. The van der Waals surface area contributed by atoms with E-state index in [2.05, 4.69) is 12.0 Å². The van der Waals surface area contributed by atoms with E-state index in [0.29, 0.717) is 11.8 Å². The quantitative estimate of drug-likeness (QED) is 0.856. The van der Waals surface area contributed by atoms with Gasteiger partial charge in [-0.2, -0.15) is 5.10 Å². The Morgan fingerprint density at radius 1 is 1.32 bits per heavy atom. The normalized spacial score (nSPS) is 22.3. The number of fused-ring (bicyclic) bond motifs is 1. The molecule has 0 spiro atoms. The maximum absolute atomic E-state index is 13.0. The van der Waals surface area contributed by atoms with Gasteiger partial charge in [-0.25, -0.2) is 4.98 Å². The average Bonchev–Trinajstić information content (AvgIpc) is 3.30. The fourth-order valence-electron chi connectivity index (χ4n) is 3.44. The van der Waals surface area contributed by atoms with Crippen molar-refractivity contribution >= 4 is 16.9 Å². The van der Waals surface area contributed by atoms with Crippen LogP contribution in [0.1, 0.15) is 54.6 Å². The van der Waals surface area contributed by atoms with Gasteiger partial charge < -0.3 is 4.90 Å². The molecule has 0 unspecified atom stereocenters. The first-order valence-electron chi connectivity index (χ1n) is 8.25. The Bertz CT molecular complexity index is 732. The molecular formula is C17H22N4O. The van der Waals surface area contributed by atoms with E-state index >= 15 is 0 Å². The van der Waals surface area contributed by atoms with Crippen molar-refractivity contribution in [3.63, 3.8) is 0 Å². The number of hydrogen-bond acceptors (Lipinski definition) is 3. The molecule has 116 valence electrons. The van der Waals surface area contributed by atoms with Crippen molar-refractivity contribution in [1.82, 2.24) is 19.7 Å². The third-order valence-corrected chi connectivity index (χ3v) is 4.90. The van der Waals surface area contributed by atoms with E-state index in [-0.39, 0.29) is 5.91 Å². The van der Waals surface area contributed by atoms with Crippen LogP contribution in [0.25, 0.3) is 11.0 Å². The summed E-state index contributed by atoms with van der Waals surface area (Å²) in [5.74, 6) is 1.27. The minimum atomic E-state index is 0.147. The summed E-state index contributed by atoms with van der Waals surface area (Å²) in [4.78, 5) is 19.8. The zero-order valence-corrected chi connectivity index (χ0v) is 13.2. The zero-order valence-electron chi connectivity index (χ0n) is 13.2. The summed E-state index contributed by atoms with van der Waals surface area (Å²) in [6, 6.07) is 2.02. The second-order valence-electron chi connectivity index (χ2n) is 6.87. The van der Waals surface area contributed by atoms with Gasteiger partial charge in [0.25, 0.3) is 5.91 Å². The summed E-state index contributed by atoms with van der Waals surface area (Å²) in [7, 11) is 1.89. The molecule has 1 saturated carbocycles. The van der Waals surface area contributed by atoms with Gasteiger partial charge in [-0.05, 0) is 37.7 Å². The minimum Gasteiger partial charge on any atom is -0.338 e. The highest BCUT2D eigenvalue weighted by atomic mass is 16.2. The van der Waals surface area contributed by atoms with Crippen LogP contribution in [0.4, 0.5) is 0 Å². The molecule has 4 rings (SSSR count). The number of nitrogens with zero attached hydrogens (tertiary/aromatic N) is 4. The largest absolute Gasteiger partial charge is 0.338 e. The molecule has 1 aliphatic heterocycles. The Morgan fingerprint density at radius 2 is 2.14 bits per heavy atom. The molecular weight excluding hydrogens is 276 g/mol. The summed E-state index contributed by atoms with van der Waals surface area (Å²) in [5, 5.41) is 5.19. The number of aromatic nitrogens is 3. The van der Waals surface area contributed by atoms with Gasteiger partial charge in [0.2, 0.25) is 0 Å². The van der Waals surface area contributed by atoms with Crippen LogP contribution in [0.2, 0.25) is 0 Å². The molecule has 0 bridgehead atoms. The molecule has 22 heavy (non-hydrogen) atoms. The Hall–Kier alpha value is -1.91. The molecule has 1 amide bonds. The number of rotatable bonds is 2. The molecule has 3 heterocycles. The second kappa shape index (κ2) is 5.07. The van der Waals surface area contributed by atoms with Crippen LogP contribution in [-0.4, -0.2) is 38.7 Å². The minimum absolute atomic E-state index is 0.147. The summed E-state index contributed by atoms with van der Waals surface area (Å²) in [6.07, 6.45) is 6.47. The fraction of sp³-hybridized carbons (Fsp3) is 0.588. The van der Waals surface area contributed by atoms with Crippen LogP contribution in [0.5, 0.6) is 0 Å². The number of carbonyl (C=O) groups excluding carboxylic acids is 1. The smallest absolute Gasteiger partial charge is 0.254 e. The number of aryl methyl sites for hydroxylation is 1. The van der Waals surface area contributed by atoms with Crippen molar-refractivity contribution in [2.45, 2.75) is 38.5 Å². The topological polar surface area (TPSA) is 51.0 Å². The van der Waals surface area contributed by atoms with Crippen LogP contribution in [0.3, 0.4) is 0 Å². The van der Waals surface area contributed by atoms with E-state index in [1.807, 2.05) is 18.0 Å². The van der Waals surface area contributed by atoms with E-state index in [9.17, 15) is 4.79 Å². The molecule has 2 aromatic heterocycles. The van der Waals surface area contributed by atoms with Crippen molar-refractivity contribution < 1.29 is 4.79 Å². The SMILES string of the molecule is C[C@H]1CCCN(C(=O)c2cc(C3CC3)nc3c2cnn3C)C1. The zero-order chi connectivity index (χ0) is 15.3. The maximum atomic E-state index is 13.0. The van der Waals surface area contributed by atoms with Crippen LogP contribution in [0, 0.1) is 5.92 Å². The number of piperidine rings is 1. The van der Waals surface area contributed by atoms with Gasteiger partial charge in [0.15, 0.2) is 5.65 Å². The third kappa shape index (κ3) is 2.28. The van der Waals surface area contributed by atoms with Crippen molar-refractivity contribution in [1.29, 1.82) is 0 Å². The first kappa shape index (κ1) is 13.7. The van der Waals surface area contributed by atoms with Crippen molar-refractivity contribution in [2.75, 3.05) is 13.1 Å².